The molecule has 0 bridgehead atoms. The molecule has 0 amide bonds. The molecule has 9 heteroatoms. The maximum absolute atomic E-state index is 13.1. The van der Waals surface area contributed by atoms with Crippen molar-refractivity contribution < 1.29 is 17.6 Å². The van der Waals surface area contributed by atoms with Crippen molar-refractivity contribution in [1.82, 2.24) is 4.72 Å². The summed E-state index contributed by atoms with van der Waals surface area (Å²) < 4.78 is 40.4. The van der Waals surface area contributed by atoms with E-state index < -0.39 is 30.0 Å². The molecule has 2 aromatic rings. The minimum absolute atomic E-state index is 0.0118. The summed E-state index contributed by atoms with van der Waals surface area (Å²) >= 11 is 0. The van der Waals surface area contributed by atoms with Gasteiger partial charge in [0.05, 0.1) is 12.0 Å². The van der Waals surface area contributed by atoms with Crippen molar-refractivity contribution in [3.63, 3.8) is 0 Å². The van der Waals surface area contributed by atoms with Gasteiger partial charge in [0, 0.05) is 12.5 Å². The van der Waals surface area contributed by atoms with Gasteiger partial charge in [0.25, 0.3) is 0 Å². The molecule has 1 N–H and O–H groups in total. The average molecular weight is 540 g/mol. The molecule has 7 nitrogen and oxygen atoms in total. The van der Waals surface area contributed by atoms with E-state index in [9.17, 15) is 18.9 Å². The van der Waals surface area contributed by atoms with E-state index in [0.717, 1.165) is 11.1 Å². The Morgan fingerprint density at radius 3 is 2.08 bits per heavy atom. The predicted molar refractivity (Wildman–Crippen MR) is 148 cm³/mol. The standard InChI is InChI=1S/C28H37N3O4SSi/c1-22-10-16-26(17-11-22)36(32,33)31-24(19-23-12-14-25(34-5)15-13-23)9-8-18-28(20-29,21-30)35-37(6,7)27(2,3)4/h8-17,24,31H,18-19H2,1-7H3/b9-8+/t24-/m1/s1. The first-order valence-electron chi connectivity index (χ1n) is 12.1. The summed E-state index contributed by atoms with van der Waals surface area (Å²) in [5, 5.41) is 19.6. The molecule has 0 aliphatic carbocycles. The van der Waals surface area contributed by atoms with Crippen LogP contribution in [0.1, 0.15) is 38.3 Å². The number of nitrogens with one attached hydrogen (secondary N) is 1. The molecule has 0 aliphatic rings. The smallest absolute Gasteiger partial charge is 0.241 e. The van der Waals surface area contributed by atoms with Crippen LogP contribution in [-0.4, -0.2) is 35.5 Å². The van der Waals surface area contributed by atoms with Crippen LogP contribution in [0.4, 0.5) is 0 Å². The molecule has 2 aromatic carbocycles. The molecule has 0 spiro atoms. The highest BCUT2D eigenvalue weighted by Crippen LogP contribution is 2.39. The lowest BCUT2D eigenvalue weighted by Gasteiger charge is -2.39. The lowest BCUT2D eigenvalue weighted by Crippen LogP contribution is -2.48. The maximum atomic E-state index is 13.1. The van der Waals surface area contributed by atoms with Crippen molar-refractivity contribution in [2.45, 2.75) is 75.2 Å². The van der Waals surface area contributed by atoms with Gasteiger partial charge in [-0.2, -0.15) is 10.5 Å². The maximum Gasteiger partial charge on any atom is 0.241 e. The van der Waals surface area contributed by atoms with E-state index in [1.165, 1.54) is 0 Å². The Morgan fingerprint density at radius 2 is 1.59 bits per heavy atom. The molecule has 198 valence electrons. The molecule has 0 aromatic heterocycles. The number of nitrogens with zero attached hydrogens (tertiary/aromatic N) is 2. The molecule has 0 saturated heterocycles. The van der Waals surface area contributed by atoms with Gasteiger partial charge in [-0.25, -0.2) is 13.1 Å². The molecule has 0 fully saturated rings. The fraction of sp³-hybridized carbons (Fsp3) is 0.429. The highest BCUT2D eigenvalue weighted by Gasteiger charge is 2.45. The monoisotopic (exact) mass is 539 g/mol. The van der Waals surface area contributed by atoms with Crippen LogP contribution in [0.15, 0.2) is 65.6 Å². The zero-order chi connectivity index (χ0) is 27.9. The van der Waals surface area contributed by atoms with Gasteiger partial charge in [-0.05, 0) is 61.3 Å². The lowest BCUT2D eigenvalue weighted by atomic mass is 10.0. The van der Waals surface area contributed by atoms with Crippen molar-refractivity contribution in [2.24, 2.45) is 0 Å². The van der Waals surface area contributed by atoms with E-state index in [1.807, 2.05) is 65.1 Å². The van der Waals surface area contributed by atoms with E-state index >= 15 is 0 Å². The summed E-state index contributed by atoms with van der Waals surface area (Å²) in [6.07, 6.45) is 3.72. The summed E-state index contributed by atoms with van der Waals surface area (Å²) in [6, 6.07) is 17.5. The molecule has 2 rings (SSSR count). The van der Waals surface area contributed by atoms with Gasteiger partial charge in [0.15, 0.2) is 8.32 Å². The van der Waals surface area contributed by atoms with Crippen molar-refractivity contribution in [3.8, 4) is 17.9 Å². The third-order valence-corrected chi connectivity index (χ3v) is 12.6. The Balaban J connectivity index is 2.34. The minimum Gasteiger partial charge on any atom is -0.497 e. The van der Waals surface area contributed by atoms with E-state index in [1.54, 1.807) is 43.5 Å². The summed E-state index contributed by atoms with van der Waals surface area (Å²) in [5.74, 6) is 0.701. The van der Waals surface area contributed by atoms with Gasteiger partial charge < -0.3 is 9.16 Å². The van der Waals surface area contributed by atoms with Gasteiger partial charge >= 0.3 is 0 Å². The summed E-state index contributed by atoms with van der Waals surface area (Å²) in [6.45, 7) is 12.0. The SMILES string of the molecule is COc1ccc(C[C@@H](/C=C/CC(C#N)(C#N)O[Si](C)(C)C(C)(C)C)NS(=O)(=O)c2ccc(C)cc2)cc1. The van der Waals surface area contributed by atoms with Gasteiger partial charge in [0.2, 0.25) is 15.6 Å². The van der Waals surface area contributed by atoms with Crippen molar-refractivity contribution in [3.05, 3.63) is 71.8 Å². The Hall–Kier alpha value is -2.95. The summed E-state index contributed by atoms with van der Waals surface area (Å²) in [7, 11) is -4.65. The largest absolute Gasteiger partial charge is 0.497 e. The van der Waals surface area contributed by atoms with Crippen LogP contribution in [0.25, 0.3) is 0 Å². The first-order chi connectivity index (χ1) is 17.2. The van der Waals surface area contributed by atoms with E-state index in [4.69, 9.17) is 9.16 Å². The Kier molecular flexibility index (Phi) is 9.87. The van der Waals surface area contributed by atoms with Crippen LogP contribution in [0.5, 0.6) is 5.75 Å². The zero-order valence-electron chi connectivity index (χ0n) is 22.7. The molecule has 0 unspecified atom stereocenters. The highest BCUT2D eigenvalue weighted by molar-refractivity contribution is 7.89. The molecular weight excluding hydrogens is 502 g/mol. The Labute approximate surface area is 222 Å². The van der Waals surface area contributed by atoms with Crippen molar-refractivity contribution >= 4 is 18.3 Å². The molecule has 0 saturated carbocycles. The minimum atomic E-state index is -3.81. The van der Waals surface area contributed by atoms with E-state index in [0.29, 0.717) is 12.2 Å². The predicted octanol–water partition coefficient (Wildman–Crippen LogP) is 5.65. The first kappa shape index (κ1) is 30.3. The van der Waals surface area contributed by atoms with Crippen LogP contribution >= 0.6 is 0 Å². The normalized spacial score (nSPS) is 13.6. The van der Waals surface area contributed by atoms with E-state index in [-0.39, 0.29) is 16.4 Å². The molecule has 0 heterocycles. The molecule has 37 heavy (non-hydrogen) atoms. The van der Waals surface area contributed by atoms with Gasteiger partial charge in [-0.15, -0.1) is 0 Å². The fourth-order valence-electron chi connectivity index (χ4n) is 3.34. The Morgan fingerprint density at radius 1 is 1.03 bits per heavy atom. The quantitative estimate of drug-likeness (QED) is 0.292. The summed E-state index contributed by atoms with van der Waals surface area (Å²) in [4.78, 5) is 0.163. The first-order valence-corrected chi connectivity index (χ1v) is 16.5. The van der Waals surface area contributed by atoms with Crippen LogP contribution in [0.2, 0.25) is 18.1 Å². The van der Waals surface area contributed by atoms with Crippen molar-refractivity contribution in [2.75, 3.05) is 7.11 Å². The van der Waals surface area contributed by atoms with Gasteiger partial charge in [-0.3, -0.25) is 0 Å². The van der Waals surface area contributed by atoms with Crippen LogP contribution < -0.4 is 9.46 Å². The number of nitriles is 2. The zero-order valence-corrected chi connectivity index (χ0v) is 24.5. The average Bonchev–Trinajstić information content (AvgIpc) is 2.83. The van der Waals surface area contributed by atoms with Crippen LogP contribution in [0.3, 0.4) is 0 Å². The van der Waals surface area contributed by atoms with Crippen LogP contribution in [-0.2, 0) is 20.9 Å². The van der Waals surface area contributed by atoms with Gasteiger partial charge in [-0.1, -0.05) is 62.8 Å². The molecular formula is C28H37N3O4SSi. The summed E-state index contributed by atoms with van der Waals surface area (Å²) in [5.41, 5.74) is 0.200. The second-order valence-electron chi connectivity index (χ2n) is 10.6. The number of benzene rings is 2. The number of rotatable bonds is 11. The number of methoxy groups -OCH3 is 1. The molecule has 0 radical (unpaired) electrons. The fourth-order valence-corrected chi connectivity index (χ4v) is 5.88. The molecule has 0 aliphatic heterocycles. The van der Waals surface area contributed by atoms with Crippen molar-refractivity contribution in [1.29, 1.82) is 10.5 Å². The number of hydrogen-bond acceptors (Lipinski definition) is 6. The van der Waals surface area contributed by atoms with E-state index in [2.05, 4.69) is 16.9 Å². The number of hydrogen-bond donors (Lipinski definition) is 1. The molecule has 1 atom stereocenters. The Bertz CT molecular complexity index is 1250. The topological polar surface area (TPSA) is 112 Å². The second kappa shape index (κ2) is 12.1. The highest BCUT2D eigenvalue weighted by atomic mass is 32.2. The van der Waals surface area contributed by atoms with Gasteiger partial charge in [0.1, 0.15) is 17.9 Å². The third kappa shape index (κ3) is 8.27. The number of sulfonamides is 1. The number of ether oxygens (including phenoxy) is 1. The second-order valence-corrected chi connectivity index (χ2v) is 17.1. The number of aryl methyl sites for hydroxylation is 1. The lowest BCUT2D eigenvalue weighted by molar-refractivity contribution is 0.168. The van der Waals surface area contributed by atoms with Crippen LogP contribution in [0, 0.1) is 29.6 Å². The third-order valence-electron chi connectivity index (χ3n) is 6.62.